The van der Waals surface area contributed by atoms with Crippen LogP contribution < -0.4 is 10.5 Å². The van der Waals surface area contributed by atoms with Crippen LogP contribution in [-0.2, 0) is 11.8 Å². The highest BCUT2D eigenvalue weighted by atomic mass is 32.1. The van der Waals surface area contributed by atoms with E-state index in [1.54, 1.807) is 11.3 Å². The lowest BCUT2D eigenvalue weighted by molar-refractivity contribution is 0.208. The lowest BCUT2D eigenvalue weighted by Gasteiger charge is -2.38. The fourth-order valence-corrected chi connectivity index (χ4v) is 3.62. The Morgan fingerprint density at radius 1 is 1.26 bits per heavy atom. The second-order valence-electron chi connectivity index (χ2n) is 5.21. The lowest BCUT2D eigenvalue weighted by Crippen LogP contribution is -2.40. The zero-order valence-corrected chi connectivity index (χ0v) is 11.8. The summed E-state index contributed by atoms with van der Waals surface area (Å²) in [5.74, 6) is 1.02. The third kappa shape index (κ3) is 2.40. The minimum absolute atomic E-state index is 0.0801. The molecule has 0 bridgehead atoms. The maximum atomic E-state index is 6.14. The average Bonchev–Trinajstić information content (AvgIpc) is 2.98. The van der Waals surface area contributed by atoms with E-state index in [9.17, 15) is 0 Å². The van der Waals surface area contributed by atoms with Crippen molar-refractivity contribution in [2.24, 2.45) is 5.73 Å². The summed E-state index contributed by atoms with van der Waals surface area (Å²) < 4.78 is 5.76. The van der Waals surface area contributed by atoms with Crippen molar-refractivity contribution >= 4 is 11.3 Å². The average molecular weight is 273 g/mol. The Hall–Kier alpha value is -1.32. The summed E-state index contributed by atoms with van der Waals surface area (Å²) >= 11 is 1.76. The van der Waals surface area contributed by atoms with E-state index in [1.807, 2.05) is 6.07 Å². The van der Waals surface area contributed by atoms with Crippen molar-refractivity contribution in [3.63, 3.8) is 0 Å². The Bertz CT molecular complexity index is 537. The van der Waals surface area contributed by atoms with Crippen LogP contribution in [0.1, 0.15) is 24.0 Å². The van der Waals surface area contributed by atoms with Crippen molar-refractivity contribution in [3.8, 4) is 5.75 Å². The number of benzene rings is 1. The summed E-state index contributed by atoms with van der Waals surface area (Å²) in [6, 6.07) is 10.6. The third-order valence-electron chi connectivity index (χ3n) is 4.16. The molecule has 100 valence electrons. The molecule has 2 nitrogen and oxygen atoms in total. The predicted molar refractivity (Wildman–Crippen MR) is 79.9 cm³/mol. The van der Waals surface area contributed by atoms with Gasteiger partial charge in [-0.05, 0) is 47.7 Å². The van der Waals surface area contributed by atoms with Gasteiger partial charge in [0, 0.05) is 17.5 Å². The van der Waals surface area contributed by atoms with Gasteiger partial charge in [-0.3, -0.25) is 0 Å². The number of thiophene rings is 1. The SMILES string of the molecule is NCC1(CCc2ccsc2)CCOc2ccccc21. The zero-order chi connectivity index (χ0) is 13.1. The van der Waals surface area contributed by atoms with Crippen LogP contribution in [0.4, 0.5) is 0 Å². The van der Waals surface area contributed by atoms with E-state index < -0.39 is 0 Å². The van der Waals surface area contributed by atoms with Gasteiger partial charge < -0.3 is 10.5 Å². The standard InChI is InChI=1S/C16H19NOS/c17-12-16(7-5-13-6-10-19-11-13)8-9-18-15-4-2-1-3-14(15)16/h1-4,6,10-11H,5,7-9,12,17H2. The molecule has 0 saturated carbocycles. The highest BCUT2D eigenvalue weighted by molar-refractivity contribution is 7.07. The molecule has 0 spiro atoms. The number of para-hydroxylation sites is 1. The smallest absolute Gasteiger partial charge is 0.123 e. The second-order valence-corrected chi connectivity index (χ2v) is 5.99. The van der Waals surface area contributed by atoms with Crippen molar-refractivity contribution in [1.82, 2.24) is 0 Å². The molecule has 3 heteroatoms. The first-order valence-corrected chi connectivity index (χ1v) is 7.72. The quantitative estimate of drug-likeness (QED) is 0.927. The van der Waals surface area contributed by atoms with Crippen LogP contribution in [0.25, 0.3) is 0 Å². The fraction of sp³-hybridized carbons (Fsp3) is 0.375. The molecule has 1 aromatic heterocycles. The van der Waals surface area contributed by atoms with E-state index in [0.717, 1.165) is 31.6 Å². The van der Waals surface area contributed by atoms with Gasteiger partial charge in [-0.1, -0.05) is 18.2 Å². The van der Waals surface area contributed by atoms with Crippen molar-refractivity contribution < 1.29 is 4.74 Å². The van der Waals surface area contributed by atoms with Gasteiger partial charge in [-0.2, -0.15) is 11.3 Å². The molecular formula is C16H19NOS. The Labute approximate surface area is 118 Å². The normalized spacial score (nSPS) is 21.7. The molecule has 1 aromatic carbocycles. The summed E-state index contributed by atoms with van der Waals surface area (Å²) in [6.07, 6.45) is 3.21. The molecule has 0 saturated heterocycles. The van der Waals surface area contributed by atoms with E-state index in [4.69, 9.17) is 10.5 Å². The first-order valence-electron chi connectivity index (χ1n) is 6.77. The monoisotopic (exact) mass is 273 g/mol. The van der Waals surface area contributed by atoms with Crippen LogP contribution in [0, 0.1) is 0 Å². The molecule has 1 atom stereocenters. The fourth-order valence-electron chi connectivity index (χ4n) is 2.91. The number of ether oxygens (including phenoxy) is 1. The van der Waals surface area contributed by atoms with Crippen LogP contribution in [-0.4, -0.2) is 13.2 Å². The highest BCUT2D eigenvalue weighted by Gasteiger charge is 2.35. The highest BCUT2D eigenvalue weighted by Crippen LogP contribution is 2.41. The van der Waals surface area contributed by atoms with Gasteiger partial charge >= 0.3 is 0 Å². The topological polar surface area (TPSA) is 35.2 Å². The minimum Gasteiger partial charge on any atom is -0.493 e. The van der Waals surface area contributed by atoms with Crippen LogP contribution in [0.5, 0.6) is 5.75 Å². The third-order valence-corrected chi connectivity index (χ3v) is 4.89. The number of hydrogen-bond acceptors (Lipinski definition) is 3. The molecule has 2 heterocycles. The zero-order valence-electron chi connectivity index (χ0n) is 11.0. The Kier molecular flexibility index (Phi) is 3.58. The van der Waals surface area contributed by atoms with Crippen molar-refractivity contribution in [2.45, 2.75) is 24.7 Å². The summed E-state index contributed by atoms with van der Waals surface area (Å²) in [5.41, 5.74) is 8.93. The molecule has 1 aliphatic rings. The number of aryl methyl sites for hydroxylation is 1. The molecule has 0 aliphatic carbocycles. The molecule has 2 N–H and O–H groups in total. The summed E-state index contributed by atoms with van der Waals surface area (Å²) in [6.45, 7) is 1.47. The maximum absolute atomic E-state index is 6.14. The Morgan fingerprint density at radius 3 is 2.95 bits per heavy atom. The lowest BCUT2D eigenvalue weighted by atomic mass is 9.72. The second kappa shape index (κ2) is 5.35. The molecular weight excluding hydrogens is 254 g/mol. The molecule has 0 amide bonds. The molecule has 19 heavy (non-hydrogen) atoms. The van der Waals surface area contributed by atoms with Gasteiger partial charge in [0.15, 0.2) is 0 Å². The molecule has 0 radical (unpaired) electrons. The molecule has 3 rings (SSSR count). The first-order chi connectivity index (χ1) is 9.34. The van der Waals surface area contributed by atoms with Gasteiger partial charge in [-0.15, -0.1) is 0 Å². The summed E-state index contributed by atoms with van der Waals surface area (Å²) in [7, 11) is 0. The van der Waals surface area contributed by atoms with Gasteiger partial charge in [0.05, 0.1) is 6.61 Å². The van der Waals surface area contributed by atoms with Crippen LogP contribution in [0.15, 0.2) is 41.1 Å². The van der Waals surface area contributed by atoms with E-state index in [2.05, 4.69) is 35.0 Å². The van der Waals surface area contributed by atoms with Crippen LogP contribution in [0.3, 0.4) is 0 Å². The number of nitrogens with two attached hydrogens (primary N) is 1. The van der Waals surface area contributed by atoms with Crippen molar-refractivity contribution in [1.29, 1.82) is 0 Å². The maximum Gasteiger partial charge on any atom is 0.123 e. The first kappa shape index (κ1) is 12.7. The van der Waals surface area contributed by atoms with Crippen molar-refractivity contribution in [3.05, 3.63) is 52.2 Å². The van der Waals surface area contributed by atoms with E-state index in [0.29, 0.717) is 6.54 Å². The van der Waals surface area contributed by atoms with Gasteiger partial charge in [0.25, 0.3) is 0 Å². The number of hydrogen-bond donors (Lipinski definition) is 1. The van der Waals surface area contributed by atoms with Gasteiger partial charge in [0.1, 0.15) is 5.75 Å². The molecule has 0 fully saturated rings. The largest absolute Gasteiger partial charge is 0.493 e. The van der Waals surface area contributed by atoms with Gasteiger partial charge in [-0.25, -0.2) is 0 Å². The van der Waals surface area contributed by atoms with E-state index >= 15 is 0 Å². The number of rotatable bonds is 4. The van der Waals surface area contributed by atoms with Crippen LogP contribution in [0.2, 0.25) is 0 Å². The van der Waals surface area contributed by atoms with Gasteiger partial charge in [0.2, 0.25) is 0 Å². The minimum atomic E-state index is 0.0801. The number of fused-ring (bicyclic) bond motifs is 1. The summed E-state index contributed by atoms with van der Waals surface area (Å²) in [5, 5.41) is 4.37. The van der Waals surface area contributed by atoms with E-state index in [-0.39, 0.29) is 5.41 Å². The predicted octanol–water partition coefficient (Wildman–Crippen LogP) is 3.36. The van der Waals surface area contributed by atoms with Crippen LogP contribution >= 0.6 is 11.3 Å². The molecule has 2 aromatic rings. The summed E-state index contributed by atoms with van der Waals surface area (Å²) in [4.78, 5) is 0. The van der Waals surface area contributed by atoms with Crippen molar-refractivity contribution in [2.75, 3.05) is 13.2 Å². The van der Waals surface area contributed by atoms with E-state index in [1.165, 1.54) is 11.1 Å². The molecule has 1 unspecified atom stereocenters. The molecule has 1 aliphatic heterocycles. The Balaban J connectivity index is 1.87. The Morgan fingerprint density at radius 2 is 2.16 bits per heavy atom.